The van der Waals surface area contributed by atoms with Crippen LogP contribution in [-0.2, 0) is 16.0 Å². The summed E-state index contributed by atoms with van der Waals surface area (Å²) < 4.78 is 14.9. The molecule has 9 heteroatoms. The number of amides is 2. The smallest absolute Gasteiger partial charge is 0.360 e. The number of oxazole rings is 1. The van der Waals surface area contributed by atoms with E-state index >= 15 is 0 Å². The third-order valence-electron chi connectivity index (χ3n) is 4.24. The van der Waals surface area contributed by atoms with Gasteiger partial charge in [0.15, 0.2) is 5.69 Å². The number of anilines is 1. The molecule has 2 amide bonds. The molecule has 1 aromatic heterocycles. The number of rotatable bonds is 10. The molecule has 0 unspecified atom stereocenters. The Morgan fingerprint density at radius 3 is 2.47 bits per heavy atom. The van der Waals surface area contributed by atoms with Gasteiger partial charge in [-0.25, -0.2) is 19.4 Å². The SMILES string of the molecule is CCCCCN(Cc1nc(C(=O)OC)co1)C(=O)Nc1ccc(C(=O)OCC)cc1. The number of benzene rings is 1. The van der Waals surface area contributed by atoms with Gasteiger partial charge in [-0.3, -0.25) is 0 Å². The average molecular weight is 417 g/mol. The highest BCUT2D eigenvalue weighted by atomic mass is 16.5. The Kier molecular flexibility index (Phi) is 8.86. The lowest BCUT2D eigenvalue weighted by Gasteiger charge is -2.21. The van der Waals surface area contributed by atoms with E-state index in [1.54, 1.807) is 36.1 Å². The van der Waals surface area contributed by atoms with E-state index in [1.165, 1.54) is 13.4 Å². The number of hydrogen-bond donors (Lipinski definition) is 1. The van der Waals surface area contributed by atoms with E-state index in [9.17, 15) is 14.4 Å². The molecule has 0 aliphatic carbocycles. The minimum absolute atomic E-state index is 0.0518. The van der Waals surface area contributed by atoms with Gasteiger partial charge in [0.1, 0.15) is 6.26 Å². The maximum Gasteiger partial charge on any atom is 0.360 e. The molecule has 0 spiro atoms. The molecule has 1 aromatic carbocycles. The van der Waals surface area contributed by atoms with Crippen molar-refractivity contribution in [2.45, 2.75) is 39.7 Å². The van der Waals surface area contributed by atoms with E-state index in [4.69, 9.17) is 9.15 Å². The summed E-state index contributed by atoms with van der Waals surface area (Å²) in [6.45, 7) is 4.71. The number of carbonyl (C=O) groups excluding carboxylic acids is 3. The summed E-state index contributed by atoms with van der Waals surface area (Å²) >= 11 is 0. The second-order valence-electron chi connectivity index (χ2n) is 6.47. The number of nitrogens with one attached hydrogen (secondary N) is 1. The van der Waals surface area contributed by atoms with Gasteiger partial charge >= 0.3 is 18.0 Å². The minimum atomic E-state index is -0.603. The topological polar surface area (TPSA) is 111 Å². The first kappa shape index (κ1) is 22.9. The summed E-state index contributed by atoms with van der Waals surface area (Å²) in [5.74, 6) is -0.782. The zero-order chi connectivity index (χ0) is 21.9. The van der Waals surface area contributed by atoms with Crippen LogP contribution in [0.3, 0.4) is 0 Å². The number of carbonyl (C=O) groups is 3. The lowest BCUT2D eigenvalue weighted by atomic mass is 10.2. The van der Waals surface area contributed by atoms with Crippen molar-refractivity contribution in [1.29, 1.82) is 0 Å². The molecule has 9 nitrogen and oxygen atoms in total. The van der Waals surface area contributed by atoms with Gasteiger partial charge < -0.3 is 24.1 Å². The predicted octanol–water partition coefficient (Wildman–Crippen LogP) is 3.86. The van der Waals surface area contributed by atoms with Crippen LogP contribution in [0.5, 0.6) is 0 Å². The molecular weight excluding hydrogens is 390 g/mol. The van der Waals surface area contributed by atoms with E-state index in [2.05, 4.69) is 22.0 Å². The van der Waals surface area contributed by atoms with Crippen molar-refractivity contribution < 1.29 is 28.3 Å². The van der Waals surface area contributed by atoms with Crippen molar-refractivity contribution in [2.24, 2.45) is 0 Å². The second kappa shape index (κ2) is 11.6. The number of nitrogens with zero attached hydrogens (tertiary/aromatic N) is 2. The third kappa shape index (κ3) is 6.61. The number of methoxy groups -OCH3 is 1. The molecule has 0 atom stereocenters. The number of ether oxygens (including phenoxy) is 2. The van der Waals surface area contributed by atoms with Crippen LogP contribution in [-0.4, -0.2) is 48.1 Å². The molecule has 1 heterocycles. The van der Waals surface area contributed by atoms with Crippen molar-refractivity contribution in [1.82, 2.24) is 9.88 Å². The van der Waals surface area contributed by atoms with Crippen molar-refractivity contribution in [2.75, 3.05) is 25.6 Å². The fourth-order valence-electron chi connectivity index (χ4n) is 2.66. The molecule has 0 aliphatic rings. The Balaban J connectivity index is 2.06. The van der Waals surface area contributed by atoms with Gasteiger partial charge in [-0.2, -0.15) is 0 Å². The molecule has 0 aliphatic heterocycles. The zero-order valence-corrected chi connectivity index (χ0v) is 17.5. The number of hydrogen-bond acceptors (Lipinski definition) is 7. The fraction of sp³-hybridized carbons (Fsp3) is 0.429. The van der Waals surface area contributed by atoms with Gasteiger partial charge in [-0.15, -0.1) is 0 Å². The van der Waals surface area contributed by atoms with E-state index in [0.717, 1.165) is 19.3 Å². The Morgan fingerprint density at radius 1 is 1.10 bits per heavy atom. The third-order valence-corrected chi connectivity index (χ3v) is 4.24. The average Bonchev–Trinajstić information content (AvgIpc) is 3.22. The highest BCUT2D eigenvalue weighted by Crippen LogP contribution is 2.14. The first-order chi connectivity index (χ1) is 14.5. The van der Waals surface area contributed by atoms with Crippen LogP contribution in [0, 0.1) is 0 Å². The number of esters is 2. The molecule has 0 fully saturated rings. The molecule has 1 N–H and O–H groups in total. The fourth-order valence-corrected chi connectivity index (χ4v) is 2.66. The summed E-state index contributed by atoms with van der Waals surface area (Å²) in [6.07, 6.45) is 4.00. The van der Waals surface area contributed by atoms with Crippen LogP contribution in [0.2, 0.25) is 0 Å². The lowest BCUT2D eigenvalue weighted by Crippen LogP contribution is -2.35. The standard InChI is InChI=1S/C21H27N3O6/c1-4-6-7-12-24(13-18-23-17(14-30-18)20(26)28-3)21(27)22-16-10-8-15(9-11-16)19(25)29-5-2/h8-11,14H,4-7,12-13H2,1-3H3,(H,22,27). The lowest BCUT2D eigenvalue weighted by molar-refractivity contribution is 0.0525. The molecule has 162 valence electrons. The van der Waals surface area contributed by atoms with Crippen LogP contribution in [0.1, 0.15) is 59.8 Å². The molecule has 2 aromatic rings. The minimum Gasteiger partial charge on any atom is -0.464 e. The molecule has 0 saturated heterocycles. The summed E-state index contributed by atoms with van der Waals surface area (Å²) in [4.78, 5) is 41.7. The molecule has 30 heavy (non-hydrogen) atoms. The summed E-state index contributed by atoms with van der Waals surface area (Å²) in [5.41, 5.74) is 0.997. The molecule has 0 radical (unpaired) electrons. The first-order valence-corrected chi connectivity index (χ1v) is 9.84. The Bertz CT molecular complexity index is 847. The van der Waals surface area contributed by atoms with Gasteiger partial charge in [-0.1, -0.05) is 19.8 Å². The van der Waals surface area contributed by atoms with E-state index in [-0.39, 0.29) is 24.2 Å². The number of urea groups is 1. The Labute approximate surface area is 175 Å². The van der Waals surface area contributed by atoms with Crippen molar-refractivity contribution in [3.05, 3.63) is 47.7 Å². The first-order valence-electron chi connectivity index (χ1n) is 9.84. The zero-order valence-electron chi connectivity index (χ0n) is 17.5. The van der Waals surface area contributed by atoms with Gasteiger partial charge in [-0.05, 0) is 37.6 Å². The van der Waals surface area contributed by atoms with Gasteiger partial charge in [0.05, 0.1) is 25.8 Å². The van der Waals surface area contributed by atoms with Crippen molar-refractivity contribution in [3.63, 3.8) is 0 Å². The molecule has 2 rings (SSSR count). The quantitative estimate of drug-likeness (QED) is 0.461. The van der Waals surface area contributed by atoms with Gasteiger partial charge in [0.25, 0.3) is 0 Å². The summed E-state index contributed by atoms with van der Waals surface area (Å²) in [5, 5.41) is 2.80. The maximum atomic E-state index is 12.8. The van der Waals surface area contributed by atoms with Gasteiger partial charge in [0, 0.05) is 12.2 Å². The predicted molar refractivity (Wildman–Crippen MR) is 109 cm³/mol. The Hall–Kier alpha value is -3.36. The van der Waals surface area contributed by atoms with Gasteiger partial charge in [0.2, 0.25) is 5.89 Å². The van der Waals surface area contributed by atoms with Crippen LogP contribution < -0.4 is 5.32 Å². The normalized spacial score (nSPS) is 10.4. The number of aromatic nitrogens is 1. The second-order valence-corrected chi connectivity index (χ2v) is 6.47. The van der Waals surface area contributed by atoms with Crippen molar-refractivity contribution in [3.8, 4) is 0 Å². The highest BCUT2D eigenvalue weighted by Gasteiger charge is 2.19. The van der Waals surface area contributed by atoms with E-state index in [0.29, 0.717) is 24.4 Å². The monoisotopic (exact) mass is 417 g/mol. The highest BCUT2D eigenvalue weighted by molar-refractivity contribution is 5.92. The maximum absolute atomic E-state index is 12.8. The van der Waals surface area contributed by atoms with Crippen LogP contribution in [0.4, 0.5) is 10.5 Å². The summed E-state index contributed by atoms with van der Waals surface area (Å²) in [6, 6.07) is 6.11. The van der Waals surface area contributed by atoms with Crippen LogP contribution in [0.15, 0.2) is 34.9 Å². The molecular formula is C21H27N3O6. The summed E-state index contributed by atoms with van der Waals surface area (Å²) in [7, 11) is 1.26. The Morgan fingerprint density at radius 2 is 1.83 bits per heavy atom. The van der Waals surface area contributed by atoms with E-state index < -0.39 is 11.9 Å². The van der Waals surface area contributed by atoms with Crippen LogP contribution >= 0.6 is 0 Å². The van der Waals surface area contributed by atoms with Crippen LogP contribution in [0.25, 0.3) is 0 Å². The van der Waals surface area contributed by atoms with Crippen molar-refractivity contribution >= 4 is 23.7 Å². The molecule has 0 bridgehead atoms. The number of unbranched alkanes of at least 4 members (excludes halogenated alkanes) is 2. The van der Waals surface area contributed by atoms with E-state index in [1.807, 2.05) is 0 Å². The molecule has 0 saturated carbocycles. The largest absolute Gasteiger partial charge is 0.464 e.